The highest BCUT2D eigenvalue weighted by Crippen LogP contribution is 2.29. The van der Waals surface area contributed by atoms with Crippen LogP contribution in [0.1, 0.15) is 55.5 Å². The number of hydrogen-bond donors (Lipinski definition) is 0. The van der Waals surface area contributed by atoms with Crippen molar-refractivity contribution >= 4 is 27.5 Å². The first-order valence-corrected chi connectivity index (χ1v) is 13.2. The quantitative estimate of drug-likeness (QED) is 0.222. The van der Waals surface area contributed by atoms with E-state index in [4.69, 9.17) is 0 Å². The zero-order chi connectivity index (χ0) is 24.2. The Labute approximate surface area is 202 Å². The second kappa shape index (κ2) is 10.4. The molecule has 0 radical (unpaired) electrons. The maximum absolute atomic E-state index is 13.1. The minimum Gasteiger partial charge on any atom is -0.294 e. The van der Waals surface area contributed by atoms with Crippen LogP contribution in [0.15, 0.2) is 60.0 Å². The van der Waals surface area contributed by atoms with E-state index >= 15 is 0 Å². The summed E-state index contributed by atoms with van der Waals surface area (Å²) < 4.78 is 14.2. The molecule has 0 aliphatic heterocycles. The van der Waals surface area contributed by atoms with Crippen LogP contribution >= 0.6 is 0 Å². The predicted octanol–water partition coefficient (Wildman–Crippen LogP) is 5.93. The fourth-order valence-corrected chi connectivity index (χ4v) is 4.87. The number of Topliss-reactive ketones (excluding diaryl/α,β-unsaturated/α-hetero) is 1. The van der Waals surface area contributed by atoms with E-state index in [0.717, 1.165) is 53.4 Å². The number of rotatable bonds is 9. The van der Waals surface area contributed by atoms with E-state index in [1.807, 2.05) is 48.7 Å². The van der Waals surface area contributed by atoms with Gasteiger partial charge in [-0.05, 0) is 37.1 Å². The summed E-state index contributed by atoms with van der Waals surface area (Å²) in [4.78, 5) is 27.3. The summed E-state index contributed by atoms with van der Waals surface area (Å²) in [6.45, 7) is 6.17. The minimum atomic E-state index is -1.20. The van der Waals surface area contributed by atoms with Crippen molar-refractivity contribution in [3.63, 3.8) is 0 Å². The monoisotopic (exact) mass is 474 g/mol. The molecule has 3 aromatic heterocycles. The molecule has 4 aromatic rings. The highest BCUT2D eigenvalue weighted by molar-refractivity contribution is 7.84. The Bertz CT molecular complexity index is 1340. The fourth-order valence-electron chi connectivity index (χ4n) is 4.13. The van der Waals surface area contributed by atoms with Crippen LogP contribution in [0, 0.1) is 12.8 Å². The van der Waals surface area contributed by atoms with Crippen molar-refractivity contribution in [3.05, 3.63) is 66.2 Å². The van der Waals surface area contributed by atoms with E-state index in [-0.39, 0.29) is 11.7 Å². The number of ketones is 1. The van der Waals surface area contributed by atoms with E-state index in [1.54, 1.807) is 31.0 Å². The summed E-state index contributed by atoms with van der Waals surface area (Å²) in [5.41, 5.74) is 4.17. The van der Waals surface area contributed by atoms with Crippen molar-refractivity contribution in [1.82, 2.24) is 19.5 Å². The third-order valence-corrected chi connectivity index (χ3v) is 7.06. The highest BCUT2D eigenvalue weighted by atomic mass is 32.2. The number of aromatic nitrogens is 4. The minimum absolute atomic E-state index is 0.0375. The molecule has 0 fully saturated rings. The van der Waals surface area contributed by atoms with Gasteiger partial charge in [-0.2, -0.15) is 0 Å². The van der Waals surface area contributed by atoms with Crippen LogP contribution in [0.25, 0.3) is 28.1 Å². The smallest absolute Gasteiger partial charge is 0.234 e. The van der Waals surface area contributed by atoms with Gasteiger partial charge in [-0.25, -0.2) is 9.97 Å². The zero-order valence-electron chi connectivity index (χ0n) is 20.1. The highest BCUT2D eigenvalue weighted by Gasteiger charge is 2.19. The number of pyridine rings is 1. The number of unbranched alkanes of at least 4 members (excludes halogenated alkanes) is 2. The summed E-state index contributed by atoms with van der Waals surface area (Å²) in [5.74, 6) is 0.551. The fraction of sp³-hybridized carbons (Fsp3) is 0.333. The van der Waals surface area contributed by atoms with Crippen molar-refractivity contribution in [2.24, 2.45) is 5.92 Å². The van der Waals surface area contributed by atoms with Gasteiger partial charge in [0.15, 0.2) is 5.78 Å². The largest absolute Gasteiger partial charge is 0.294 e. The van der Waals surface area contributed by atoms with Crippen molar-refractivity contribution in [2.75, 3.05) is 6.26 Å². The molecule has 2 atom stereocenters. The van der Waals surface area contributed by atoms with Gasteiger partial charge in [0, 0.05) is 53.5 Å². The van der Waals surface area contributed by atoms with Gasteiger partial charge in [-0.1, -0.05) is 45.2 Å². The van der Waals surface area contributed by atoms with E-state index in [0.29, 0.717) is 16.4 Å². The van der Waals surface area contributed by atoms with E-state index in [1.165, 1.54) is 0 Å². The second-order valence-electron chi connectivity index (χ2n) is 8.80. The van der Waals surface area contributed by atoms with Crippen molar-refractivity contribution in [1.29, 1.82) is 0 Å². The standard InChI is InChI=1S/C27H30N4O2S/c1-5-6-7-8-19(3)26(32)20-9-10-22-24(14-20)31(17-25(22)34(4)33)27-29-15-21(16-30-27)23-13-18(2)11-12-28-23/h9-17,19H,5-8H2,1-4H3. The maximum atomic E-state index is 13.1. The molecular formula is C27H30N4O2S. The average Bonchev–Trinajstić information content (AvgIpc) is 3.23. The molecule has 0 spiro atoms. The lowest BCUT2D eigenvalue weighted by Crippen LogP contribution is -2.11. The summed E-state index contributed by atoms with van der Waals surface area (Å²) in [6.07, 6.45) is 12.9. The molecule has 3 heterocycles. The van der Waals surface area contributed by atoms with E-state index in [2.05, 4.69) is 21.9 Å². The predicted molar refractivity (Wildman–Crippen MR) is 137 cm³/mol. The molecule has 6 nitrogen and oxygen atoms in total. The Hall–Kier alpha value is -3.19. The molecule has 0 amide bonds. The van der Waals surface area contributed by atoms with Gasteiger partial charge in [-0.3, -0.25) is 18.6 Å². The summed E-state index contributed by atoms with van der Waals surface area (Å²) >= 11 is 0. The Balaban J connectivity index is 1.72. The number of fused-ring (bicyclic) bond motifs is 1. The Morgan fingerprint density at radius 1 is 1.09 bits per heavy atom. The summed E-state index contributed by atoms with van der Waals surface area (Å²) in [7, 11) is -1.20. The van der Waals surface area contributed by atoms with Gasteiger partial charge in [0.2, 0.25) is 5.95 Å². The normalized spacial score (nSPS) is 13.2. The van der Waals surface area contributed by atoms with Crippen LogP contribution in [0.5, 0.6) is 0 Å². The molecule has 2 unspecified atom stereocenters. The molecule has 0 aliphatic carbocycles. The van der Waals surface area contributed by atoms with Gasteiger partial charge in [-0.15, -0.1) is 0 Å². The van der Waals surface area contributed by atoms with Crippen LogP contribution in [-0.4, -0.2) is 35.8 Å². The maximum Gasteiger partial charge on any atom is 0.234 e. The molecule has 7 heteroatoms. The molecular weight excluding hydrogens is 444 g/mol. The molecule has 0 N–H and O–H groups in total. The lowest BCUT2D eigenvalue weighted by Gasteiger charge is -2.11. The number of carbonyl (C=O) groups excluding carboxylic acids is 1. The first-order chi connectivity index (χ1) is 16.4. The van der Waals surface area contributed by atoms with Crippen LogP contribution in [-0.2, 0) is 10.8 Å². The first-order valence-electron chi connectivity index (χ1n) is 11.7. The number of nitrogens with zero attached hydrogens (tertiary/aromatic N) is 4. The van der Waals surface area contributed by atoms with E-state index in [9.17, 15) is 9.00 Å². The zero-order valence-corrected chi connectivity index (χ0v) is 20.9. The van der Waals surface area contributed by atoms with Gasteiger partial charge in [0.25, 0.3) is 0 Å². The number of aryl methyl sites for hydroxylation is 1. The number of benzene rings is 1. The first kappa shape index (κ1) is 24.0. The Kier molecular flexibility index (Phi) is 7.32. The van der Waals surface area contributed by atoms with E-state index < -0.39 is 10.8 Å². The van der Waals surface area contributed by atoms with Crippen LogP contribution in [0.2, 0.25) is 0 Å². The molecule has 0 bridgehead atoms. The SMILES string of the molecule is CCCCCC(C)C(=O)c1ccc2c(S(C)=O)cn(-c3ncc(-c4cc(C)ccn4)cn3)c2c1. The van der Waals surface area contributed by atoms with Crippen LogP contribution < -0.4 is 0 Å². The summed E-state index contributed by atoms with van der Waals surface area (Å²) in [6, 6.07) is 9.54. The Morgan fingerprint density at radius 2 is 1.85 bits per heavy atom. The molecule has 4 rings (SSSR count). The Morgan fingerprint density at radius 3 is 2.53 bits per heavy atom. The van der Waals surface area contributed by atoms with Gasteiger partial charge in [0.05, 0.1) is 26.9 Å². The molecule has 0 saturated carbocycles. The van der Waals surface area contributed by atoms with Gasteiger partial charge >= 0.3 is 0 Å². The molecule has 1 aromatic carbocycles. The number of carbonyl (C=O) groups is 1. The topological polar surface area (TPSA) is 77.7 Å². The molecule has 0 saturated heterocycles. The summed E-state index contributed by atoms with van der Waals surface area (Å²) in [5, 5.41) is 0.837. The molecule has 176 valence electrons. The van der Waals surface area contributed by atoms with Crippen molar-refractivity contribution in [2.45, 2.75) is 51.3 Å². The average molecular weight is 475 g/mol. The van der Waals surface area contributed by atoms with Crippen LogP contribution in [0.4, 0.5) is 0 Å². The van der Waals surface area contributed by atoms with Gasteiger partial charge in [0.1, 0.15) is 0 Å². The third kappa shape index (κ3) is 4.99. The van der Waals surface area contributed by atoms with Crippen LogP contribution in [0.3, 0.4) is 0 Å². The molecule has 34 heavy (non-hydrogen) atoms. The molecule has 0 aliphatic rings. The van der Waals surface area contributed by atoms with Gasteiger partial charge < -0.3 is 0 Å². The van der Waals surface area contributed by atoms with Crippen molar-refractivity contribution in [3.8, 4) is 17.2 Å². The lowest BCUT2D eigenvalue weighted by molar-refractivity contribution is 0.0922. The lowest BCUT2D eigenvalue weighted by atomic mass is 9.93. The number of hydrogen-bond acceptors (Lipinski definition) is 5. The second-order valence-corrected chi connectivity index (χ2v) is 10.1. The van der Waals surface area contributed by atoms with Crippen molar-refractivity contribution < 1.29 is 9.00 Å². The third-order valence-electron chi connectivity index (χ3n) is 6.12.